The van der Waals surface area contributed by atoms with E-state index in [4.69, 9.17) is 5.73 Å². The normalized spacial score (nSPS) is 27.3. The van der Waals surface area contributed by atoms with Crippen molar-refractivity contribution in [3.8, 4) is 0 Å². The van der Waals surface area contributed by atoms with Crippen molar-refractivity contribution in [2.75, 3.05) is 6.54 Å². The minimum atomic E-state index is 0.256. The summed E-state index contributed by atoms with van der Waals surface area (Å²) in [5.41, 5.74) is 9.59. The van der Waals surface area contributed by atoms with E-state index in [1.54, 1.807) is 0 Å². The summed E-state index contributed by atoms with van der Waals surface area (Å²) < 4.78 is 0. The number of rotatable bonds is 4. The summed E-state index contributed by atoms with van der Waals surface area (Å²) in [5, 5.41) is 2.41. The van der Waals surface area contributed by atoms with Crippen LogP contribution in [0.5, 0.6) is 0 Å². The number of thiophene rings is 1. The van der Waals surface area contributed by atoms with Crippen molar-refractivity contribution in [2.24, 2.45) is 5.73 Å². The van der Waals surface area contributed by atoms with E-state index in [2.05, 4.69) is 43.3 Å². The molecule has 0 radical (unpaired) electrons. The van der Waals surface area contributed by atoms with Gasteiger partial charge in [0, 0.05) is 28.4 Å². The number of hydrazine groups is 1. The first kappa shape index (κ1) is 14.0. The molecule has 1 aromatic rings. The Bertz CT molecular complexity index is 367. The number of hydrogen-bond donors (Lipinski definition) is 2. The maximum Gasteiger partial charge on any atom is 0.0680 e. The van der Waals surface area contributed by atoms with Gasteiger partial charge in [-0.05, 0) is 45.7 Å². The number of nitrogens with two attached hydrogens (primary N) is 1. The highest BCUT2D eigenvalue weighted by Gasteiger charge is 2.27. The van der Waals surface area contributed by atoms with Crippen LogP contribution in [0.2, 0.25) is 0 Å². The van der Waals surface area contributed by atoms with Crippen LogP contribution in [0.3, 0.4) is 0 Å². The van der Waals surface area contributed by atoms with E-state index >= 15 is 0 Å². The molecule has 0 saturated carbocycles. The van der Waals surface area contributed by atoms with Gasteiger partial charge in [-0.15, -0.1) is 11.3 Å². The second kappa shape index (κ2) is 6.15. The van der Waals surface area contributed by atoms with Gasteiger partial charge in [0.2, 0.25) is 0 Å². The third-order valence-corrected chi connectivity index (χ3v) is 4.95. The Morgan fingerprint density at radius 2 is 2.06 bits per heavy atom. The molecular formula is C14H25N3S. The molecule has 0 spiro atoms. The van der Waals surface area contributed by atoms with Gasteiger partial charge in [0.1, 0.15) is 0 Å². The molecule has 1 aliphatic rings. The fraction of sp³-hybridized carbons (Fsp3) is 0.714. The molecule has 3 nitrogen and oxygen atoms in total. The fourth-order valence-electron chi connectivity index (χ4n) is 2.73. The molecule has 1 saturated heterocycles. The third kappa shape index (κ3) is 3.12. The first-order valence-corrected chi connectivity index (χ1v) is 7.74. The molecule has 2 heterocycles. The molecule has 1 aromatic heterocycles. The minimum Gasteiger partial charge on any atom is -0.329 e. The lowest BCUT2D eigenvalue weighted by Gasteiger charge is -2.41. The van der Waals surface area contributed by atoms with Crippen molar-refractivity contribution in [2.45, 2.75) is 58.2 Å². The van der Waals surface area contributed by atoms with Crippen molar-refractivity contribution in [1.82, 2.24) is 10.4 Å². The van der Waals surface area contributed by atoms with Gasteiger partial charge in [0.15, 0.2) is 0 Å². The highest BCUT2D eigenvalue weighted by molar-refractivity contribution is 7.12. The summed E-state index contributed by atoms with van der Waals surface area (Å²) in [6.45, 7) is 7.40. The monoisotopic (exact) mass is 267 g/mol. The molecule has 0 aromatic carbocycles. The Balaban J connectivity index is 2.05. The average molecular weight is 267 g/mol. The summed E-state index contributed by atoms with van der Waals surface area (Å²) in [6, 6.07) is 5.83. The van der Waals surface area contributed by atoms with E-state index in [1.165, 1.54) is 29.0 Å². The van der Waals surface area contributed by atoms with Gasteiger partial charge < -0.3 is 5.73 Å². The molecule has 0 bridgehead atoms. The lowest BCUT2D eigenvalue weighted by Crippen LogP contribution is -2.54. The zero-order chi connectivity index (χ0) is 13.1. The largest absolute Gasteiger partial charge is 0.329 e. The van der Waals surface area contributed by atoms with Crippen LogP contribution < -0.4 is 11.2 Å². The Morgan fingerprint density at radius 1 is 1.39 bits per heavy atom. The highest BCUT2D eigenvalue weighted by atomic mass is 32.1. The fourth-order valence-corrected chi connectivity index (χ4v) is 3.66. The molecule has 1 fully saturated rings. The number of hydrogen-bond acceptors (Lipinski definition) is 4. The van der Waals surface area contributed by atoms with Crippen LogP contribution in [-0.4, -0.2) is 23.6 Å². The average Bonchev–Trinajstić information content (AvgIpc) is 2.76. The van der Waals surface area contributed by atoms with Gasteiger partial charge in [0.25, 0.3) is 0 Å². The standard InChI is InChI=1S/C14H25N3S/c1-10-5-4-6-11(2)17(10)16-13(9-15)14-8-7-12(3)18-14/h7-8,10-11,13,16H,4-6,9,15H2,1-3H3. The molecule has 102 valence electrons. The van der Waals surface area contributed by atoms with Gasteiger partial charge in [-0.1, -0.05) is 6.42 Å². The van der Waals surface area contributed by atoms with Gasteiger partial charge >= 0.3 is 0 Å². The Labute approximate surface area is 114 Å². The lowest BCUT2D eigenvalue weighted by atomic mass is 9.99. The molecule has 18 heavy (non-hydrogen) atoms. The van der Waals surface area contributed by atoms with Crippen LogP contribution in [0, 0.1) is 6.92 Å². The number of aryl methyl sites for hydroxylation is 1. The van der Waals surface area contributed by atoms with Crippen molar-refractivity contribution >= 4 is 11.3 Å². The summed E-state index contributed by atoms with van der Waals surface area (Å²) in [5.74, 6) is 0. The molecule has 0 aliphatic carbocycles. The van der Waals surface area contributed by atoms with Gasteiger partial charge in [0.05, 0.1) is 6.04 Å². The lowest BCUT2D eigenvalue weighted by molar-refractivity contribution is 0.0310. The summed E-state index contributed by atoms with van der Waals surface area (Å²) in [6.07, 6.45) is 3.89. The number of nitrogens with zero attached hydrogens (tertiary/aromatic N) is 1. The molecule has 3 unspecified atom stereocenters. The van der Waals surface area contributed by atoms with Gasteiger partial charge in [-0.3, -0.25) is 0 Å². The molecule has 3 atom stereocenters. The predicted molar refractivity (Wildman–Crippen MR) is 78.6 cm³/mol. The molecular weight excluding hydrogens is 242 g/mol. The zero-order valence-electron chi connectivity index (χ0n) is 11.6. The van der Waals surface area contributed by atoms with E-state index in [0.29, 0.717) is 18.6 Å². The second-order valence-corrected chi connectivity index (χ2v) is 6.72. The first-order valence-electron chi connectivity index (χ1n) is 6.92. The van der Waals surface area contributed by atoms with E-state index in [1.807, 2.05) is 11.3 Å². The summed E-state index contributed by atoms with van der Waals surface area (Å²) >= 11 is 1.84. The Hall–Kier alpha value is -0.420. The SMILES string of the molecule is Cc1ccc(C(CN)NN2C(C)CCCC2C)s1. The first-order chi connectivity index (χ1) is 8.61. The maximum atomic E-state index is 5.94. The van der Waals surface area contributed by atoms with Crippen LogP contribution >= 0.6 is 11.3 Å². The maximum absolute atomic E-state index is 5.94. The third-order valence-electron chi connectivity index (χ3n) is 3.84. The topological polar surface area (TPSA) is 41.3 Å². The predicted octanol–water partition coefficient (Wildman–Crippen LogP) is 2.82. The molecule has 0 amide bonds. The van der Waals surface area contributed by atoms with E-state index < -0.39 is 0 Å². The summed E-state index contributed by atoms with van der Waals surface area (Å²) in [4.78, 5) is 2.70. The molecule has 2 rings (SSSR count). The van der Waals surface area contributed by atoms with Crippen molar-refractivity contribution in [3.63, 3.8) is 0 Å². The Morgan fingerprint density at radius 3 is 2.56 bits per heavy atom. The molecule has 4 heteroatoms. The van der Waals surface area contributed by atoms with Crippen molar-refractivity contribution < 1.29 is 0 Å². The van der Waals surface area contributed by atoms with Crippen LogP contribution in [-0.2, 0) is 0 Å². The zero-order valence-corrected chi connectivity index (χ0v) is 12.5. The van der Waals surface area contributed by atoms with Crippen LogP contribution in [0.25, 0.3) is 0 Å². The van der Waals surface area contributed by atoms with Crippen LogP contribution in [0.1, 0.15) is 48.9 Å². The van der Waals surface area contributed by atoms with E-state index in [9.17, 15) is 0 Å². The number of piperidine rings is 1. The van der Waals surface area contributed by atoms with Crippen molar-refractivity contribution in [1.29, 1.82) is 0 Å². The van der Waals surface area contributed by atoms with Gasteiger partial charge in [-0.2, -0.15) is 0 Å². The van der Waals surface area contributed by atoms with Crippen LogP contribution in [0.15, 0.2) is 12.1 Å². The van der Waals surface area contributed by atoms with Gasteiger partial charge in [-0.25, -0.2) is 10.4 Å². The number of nitrogens with one attached hydrogen (secondary N) is 1. The van der Waals surface area contributed by atoms with Crippen LogP contribution in [0.4, 0.5) is 0 Å². The second-order valence-electron chi connectivity index (χ2n) is 5.40. The minimum absolute atomic E-state index is 0.256. The quantitative estimate of drug-likeness (QED) is 0.881. The Kier molecular flexibility index (Phi) is 4.78. The van der Waals surface area contributed by atoms with E-state index in [0.717, 1.165) is 0 Å². The molecule has 1 aliphatic heterocycles. The molecule has 3 N–H and O–H groups in total. The highest BCUT2D eigenvalue weighted by Crippen LogP contribution is 2.26. The summed E-state index contributed by atoms with van der Waals surface area (Å²) in [7, 11) is 0. The van der Waals surface area contributed by atoms with Crippen molar-refractivity contribution in [3.05, 3.63) is 21.9 Å². The smallest absolute Gasteiger partial charge is 0.0680 e. The van der Waals surface area contributed by atoms with E-state index in [-0.39, 0.29) is 6.04 Å².